The number of anilines is 3. The number of para-hydroxylation sites is 1. The molecular formula is C26H24N6O. The molecule has 7 nitrogen and oxygen atoms in total. The van der Waals surface area contributed by atoms with Gasteiger partial charge in [-0.05, 0) is 43.4 Å². The fourth-order valence-corrected chi connectivity index (χ4v) is 4.06. The Labute approximate surface area is 192 Å². The fourth-order valence-electron chi connectivity index (χ4n) is 4.06. The van der Waals surface area contributed by atoms with Crippen molar-refractivity contribution in [3.63, 3.8) is 0 Å². The summed E-state index contributed by atoms with van der Waals surface area (Å²) in [6.07, 6.45) is 7.31. The Morgan fingerprint density at radius 2 is 1.70 bits per heavy atom. The molecule has 1 fully saturated rings. The smallest absolute Gasteiger partial charge is 0.258 e. The van der Waals surface area contributed by atoms with Crippen LogP contribution in [0.15, 0.2) is 71.7 Å². The van der Waals surface area contributed by atoms with Gasteiger partial charge in [0.05, 0.1) is 11.1 Å². The molecule has 0 saturated carbocycles. The van der Waals surface area contributed by atoms with Crippen LogP contribution in [0.25, 0.3) is 16.7 Å². The average Bonchev–Trinajstić information content (AvgIpc) is 2.85. The van der Waals surface area contributed by atoms with Gasteiger partial charge in [0.1, 0.15) is 0 Å². The number of aromatic nitrogens is 3. The molecule has 5 rings (SSSR count). The molecule has 1 N–H and O–H groups in total. The Kier molecular flexibility index (Phi) is 5.51. The first-order chi connectivity index (χ1) is 16.1. The molecule has 164 valence electrons. The lowest BCUT2D eigenvalue weighted by Gasteiger charge is -2.34. The van der Waals surface area contributed by atoms with E-state index >= 15 is 0 Å². The van der Waals surface area contributed by atoms with Crippen molar-refractivity contribution >= 4 is 28.4 Å². The van der Waals surface area contributed by atoms with Crippen molar-refractivity contribution in [2.45, 2.75) is 0 Å². The van der Waals surface area contributed by atoms with Crippen LogP contribution in [-0.2, 0) is 0 Å². The highest BCUT2D eigenvalue weighted by Crippen LogP contribution is 2.23. The van der Waals surface area contributed by atoms with Crippen molar-refractivity contribution in [1.82, 2.24) is 19.4 Å². The monoisotopic (exact) mass is 436 g/mol. The maximum absolute atomic E-state index is 12.9. The van der Waals surface area contributed by atoms with Crippen molar-refractivity contribution in [3.8, 4) is 18.0 Å². The van der Waals surface area contributed by atoms with Gasteiger partial charge in [-0.25, -0.2) is 4.98 Å². The van der Waals surface area contributed by atoms with Gasteiger partial charge in [0.15, 0.2) is 5.65 Å². The largest absolute Gasteiger partial charge is 0.369 e. The molecule has 4 aromatic rings. The highest BCUT2D eigenvalue weighted by Gasteiger charge is 2.15. The van der Waals surface area contributed by atoms with Gasteiger partial charge in [-0.1, -0.05) is 24.1 Å². The predicted molar refractivity (Wildman–Crippen MR) is 133 cm³/mol. The zero-order valence-corrected chi connectivity index (χ0v) is 18.4. The molecule has 0 aliphatic carbocycles. The summed E-state index contributed by atoms with van der Waals surface area (Å²) in [6, 6.07) is 19.1. The van der Waals surface area contributed by atoms with Crippen LogP contribution in [0.4, 0.5) is 17.3 Å². The van der Waals surface area contributed by atoms with Crippen molar-refractivity contribution in [2.75, 3.05) is 43.4 Å². The van der Waals surface area contributed by atoms with Crippen molar-refractivity contribution in [3.05, 3.63) is 82.8 Å². The summed E-state index contributed by atoms with van der Waals surface area (Å²) < 4.78 is 1.56. The van der Waals surface area contributed by atoms with Crippen LogP contribution >= 0.6 is 0 Å². The molecule has 0 bridgehead atoms. The molecule has 2 aromatic carbocycles. The van der Waals surface area contributed by atoms with Crippen molar-refractivity contribution < 1.29 is 0 Å². The maximum atomic E-state index is 12.9. The van der Waals surface area contributed by atoms with Gasteiger partial charge < -0.3 is 15.1 Å². The number of nitrogens with one attached hydrogen (secondary N) is 1. The lowest BCUT2D eigenvalue weighted by Crippen LogP contribution is -2.44. The summed E-state index contributed by atoms with van der Waals surface area (Å²) in [6.45, 7) is 4.17. The zero-order chi connectivity index (χ0) is 22.8. The van der Waals surface area contributed by atoms with E-state index in [9.17, 15) is 4.79 Å². The normalized spacial score (nSPS) is 14.2. The molecule has 7 heteroatoms. The molecule has 0 unspecified atom stereocenters. The Hall–Kier alpha value is -4.15. The van der Waals surface area contributed by atoms with Gasteiger partial charge in [0.25, 0.3) is 5.56 Å². The first kappa shape index (κ1) is 20.7. The number of likely N-dealkylation sites (N-methyl/N-ethyl adjacent to an activating group) is 1. The number of rotatable bonds is 4. The fraction of sp³-hybridized carbons (Fsp3) is 0.192. The summed E-state index contributed by atoms with van der Waals surface area (Å²) >= 11 is 0. The summed E-state index contributed by atoms with van der Waals surface area (Å²) in [5.74, 6) is 2.97. The lowest BCUT2D eigenvalue weighted by molar-refractivity contribution is 0.313. The SMILES string of the molecule is C#Cc1cc(=O)n(-c2ccccc2)c2nc(Nc3ccc(N4CCN(C)CC4)cc3)ncc12. The van der Waals surface area contributed by atoms with Crippen LogP contribution in [0.1, 0.15) is 5.56 Å². The number of piperazine rings is 1. The Morgan fingerprint density at radius 3 is 2.39 bits per heavy atom. The molecule has 33 heavy (non-hydrogen) atoms. The second-order valence-electron chi connectivity index (χ2n) is 8.10. The summed E-state index contributed by atoms with van der Waals surface area (Å²) in [5.41, 5.74) is 3.50. The standard InChI is InChI=1S/C26H24N6O/c1-3-19-17-24(33)32(22-7-5-4-6-8-22)25-23(19)18-27-26(29-25)28-20-9-11-21(12-10-20)31-15-13-30(2)14-16-31/h1,4-12,17-18H,13-16H2,2H3,(H,27,28,29). The average molecular weight is 437 g/mol. The van der Waals surface area contributed by atoms with Gasteiger partial charge in [0, 0.05) is 55.4 Å². The zero-order valence-electron chi connectivity index (χ0n) is 18.4. The number of pyridine rings is 1. The van der Waals surface area contributed by atoms with Crippen LogP contribution in [0.5, 0.6) is 0 Å². The van der Waals surface area contributed by atoms with E-state index in [0.717, 1.165) is 37.6 Å². The quantitative estimate of drug-likeness (QED) is 0.496. The van der Waals surface area contributed by atoms with Crippen LogP contribution in [0.3, 0.4) is 0 Å². The van der Waals surface area contributed by atoms with Gasteiger partial charge in [-0.3, -0.25) is 9.36 Å². The van der Waals surface area contributed by atoms with Crippen molar-refractivity contribution in [1.29, 1.82) is 0 Å². The van der Waals surface area contributed by atoms with E-state index < -0.39 is 0 Å². The molecule has 0 atom stereocenters. The van der Waals surface area contributed by atoms with Crippen LogP contribution < -0.4 is 15.8 Å². The van der Waals surface area contributed by atoms with Gasteiger partial charge >= 0.3 is 0 Å². The van der Waals surface area contributed by atoms with E-state index in [1.54, 1.807) is 10.8 Å². The van der Waals surface area contributed by atoms with Crippen LogP contribution in [0.2, 0.25) is 0 Å². The second-order valence-corrected chi connectivity index (χ2v) is 8.10. The first-order valence-corrected chi connectivity index (χ1v) is 10.9. The third kappa shape index (κ3) is 4.16. The minimum absolute atomic E-state index is 0.233. The third-order valence-corrected chi connectivity index (χ3v) is 5.92. The molecule has 2 aromatic heterocycles. The van der Waals surface area contributed by atoms with Gasteiger partial charge in [0.2, 0.25) is 5.95 Å². The van der Waals surface area contributed by atoms with E-state index in [1.807, 2.05) is 42.5 Å². The van der Waals surface area contributed by atoms with Gasteiger partial charge in [-0.2, -0.15) is 4.98 Å². The molecule has 1 saturated heterocycles. The van der Waals surface area contributed by atoms with E-state index in [4.69, 9.17) is 6.42 Å². The molecule has 0 amide bonds. The van der Waals surface area contributed by atoms with E-state index in [0.29, 0.717) is 22.5 Å². The number of benzene rings is 2. The highest BCUT2D eigenvalue weighted by molar-refractivity contribution is 5.83. The number of terminal acetylenes is 1. The lowest BCUT2D eigenvalue weighted by atomic mass is 10.2. The molecule has 3 heterocycles. The number of hydrogen-bond acceptors (Lipinski definition) is 6. The predicted octanol–water partition coefficient (Wildman–Crippen LogP) is 3.26. The molecular weight excluding hydrogens is 412 g/mol. The Balaban J connectivity index is 1.48. The molecule has 1 aliphatic heterocycles. The third-order valence-electron chi connectivity index (χ3n) is 5.92. The number of fused-ring (bicyclic) bond motifs is 1. The summed E-state index contributed by atoms with van der Waals surface area (Å²) in [4.78, 5) is 26.7. The van der Waals surface area contributed by atoms with Crippen LogP contribution in [-0.4, -0.2) is 52.7 Å². The Morgan fingerprint density at radius 1 is 0.970 bits per heavy atom. The minimum Gasteiger partial charge on any atom is -0.369 e. The van der Waals surface area contributed by atoms with E-state index in [1.165, 1.54) is 11.8 Å². The van der Waals surface area contributed by atoms with Gasteiger partial charge in [-0.15, -0.1) is 6.42 Å². The topological polar surface area (TPSA) is 66.3 Å². The summed E-state index contributed by atoms with van der Waals surface area (Å²) in [7, 11) is 2.15. The number of hydrogen-bond donors (Lipinski definition) is 1. The highest BCUT2D eigenvalue weighted by atomic mass is 16.1. The molecule has 1 aliphatic rings. The van der Waals surface area contributed by atoms with Crippen LogP contribution in [0, 0.1) is 12.3 Å². The van der Waals surface area contributed by atoms with E-state index in [-0.39, 0.29) is 5.56 Å². The number of nitrogens with zero attached hydrogens (tertiary/aromatic N) is 5. The van der Waals surface area contributed by atoms with E-state index in [2.05, 4.69) is 50.2 Å². The first-order valence-electron chi connectivity index (χ1n) is 10.9. The molecule has 0 radical (unpaired) electrons. The Bertz CT molecular complexity index is 1380. The molecule has 0 spiro atoms. The second kappa shape index (κ2) is 8.77. The summed E-state index contributed by atoms with van der Waals surface area (Å²) in [5, 5.41) is 3.90. The maximum Gasteiger partial charge on any atom is 0.258 e. The van der Waals surface area contributed by atoms with Crippen molar-refractivity contribution in [2.24, 2.45) is 0 Å². The minimum atomic E-state index is -0.233.